The lowest BCUT2D eigenvalue weighted by Gasteiger charge is -2.23. The molecule has 0 fully saturated rings. The van der Waals surface area contributed by atoms with Crippen LogP contribution in [0.25, 0.3) is 0 Å². The number of nitriles is 1. The first-order valence-electron chi connectivity index (χ1n) is 9.11. The third-order valence-corrected chi connectivity index (χ3v) is 4.48. The molecule has 31 heavy (non-hydrogen) atoms. The van der Waals surface area contributed by atoms with E-state index in [0.29, 0.717) is 11.3 Å². The second-order valence-electron chi connectivity index (χ2n) is 6.90. The fraction of sp³-hybridized carbons (Fsp3) is 0.286. The highest BCUT2D eigenvalue weighted by atomic mass is 35.5. The van der Waals surface area contributed by atoms with Gasteiger partial charge in [-0.05, 0) is 48.4 Å². The van der Waals surface area contributed by atoms with Crippen molar-refractivity contribution in [3.63, 3.8) is 0 Å². The molecule has 164 valence electrons. The van der Waals surface area contributed by atoms with Crippen LogP contribution in [0.2, 0.25) is 5.02 Å². The van der Waals surface area contributed by atoms with E-state index in [1.165, 1.54) is 24.3 Å². The van der Waals surface area contributed by atoms with Gasteiger partial charge < -0.3 is 15.4 Å². The van der Waals surface area contributed by atoms with Crippen LogP contribution in [-0.2, 0) is 20.5 Å². The molecule has 1 atom stereocenters. The molecule has 0 radical (unpaired) electrons. The molecule has 0 aliphatic rings. The molecule has 6 nitrogen and oxygen atoms in total. The van der Waals surface area contributed by atoms with Gasteiger partial charge >= 0.3 is 12.1 Å². The van der Waals surface area contributed by atoms with E-state index in [9.17, 15) is 22.8 Å². The van der Waals surface area contributed by atoms with Crippen molar-refractivity contribution >= 4 is 34.9 Å². The minimum absolute atomic E-state index is 0.132. The number of amides is 1. The number of nitrogens with zero attached hydrogens (tertiary/aromatic N) is 1. The molecule has 2 N–H and O–H groups in total. The molecule has 0 heterocycles. The van der Waals surface area contributed by atoms with Gasteiger partial charge in [-0.3, -0.25) is 4.79 Å². The Kier molecular flexibility index (Phi) is 7.89. The molecule has 0 aliphatic carbocycles. The van der Waals surface area contributed by atoms with Gasteiger partial charge in [0.1, 0.15) is 6.04 Å². The van der Waals surface area contributed by atoms with Crippen molar-refractivity contribution in [2.24, 2.45) is 5.92 Å². The molecule has 2 rings (SSSR count). The SMILES string of the molecule is CC(C)[C@@H](Nc1ccc(C(F)(F)F)cc1Cl)C(=O)OCC(=O)Nc1ccc(C#N)cc1. The minimum Gasteiger partial charge on any atom is -0.454 e. The zero-order valence-electron chi connectivity index (χ0n) is 16.6. The zero-order chi connectivity index (χ0) is 23.2. The maximum Gasteiger partial charge on any atom is 0.416 e. The predicted octanol–water partition coefficient (Wildman–Crippen LogP) is 4.85. The molecule has 2 aromatic carbocycles. The molecular formula is C21H19ClF3N3O3. The van der Waals surface area contributed by atoms with Crippen LogP contribution in [0.3, 0.4) is 0 Å². The Labute approximate surface area is 182 Å². The fourth-order valence-corrected chi connectivity index (χ4v) is 2.76. The van der Waals surface area contributed by atoms with E-state index in [2.05, 4.69) is 10.6 Å². The molecule has 1 amide bonds. The van der Waals surface area contributed by atoms with Crippen molar-refractivity contribution in [2.75, 3.05) is 17.2 Å². The summed E-state index contributed by atoms with van der Waals surface area (Å²) in [6.07, 6.45) is -4.54. The number of esters is 1. The lowest BCUT2D eigenvalue weighted by Crippen LogP contribution is -2.37. The van der Waals surface area contributed by atoms with Crippen LogP contribution in [0.1, 0.15) is 25.0 Å². The number of carbonyl (C=O) groups is 2. The molecular weight excluding hydrogens is 435 g/mol. The number of ether oxygens (including phenoxy) is 1. The van der Waals surface area contributed by atoms with Gasteiger partial charge in [0.25, 0.3) is 5.91 Å². The second-order valence-corrected chi connectivity index (χ2v) is 7.31. The molecule has 0 saturated carbocycles. The number of carbonyl (C=O) groups excluding carboxylic acids is 2. The number of hydrogen-bond acceptors (Lipinski definition) is 5. The number of rotatable bonds is 7. The van der Waals surface area contributed by atoms with Crippen LogP contribution in [-0.4, -0.2) is 24.5 Å². The molecule has 0 bridgehead atoms. The third kappa shape index (κ3) is 6.89. The summed E-state index contributed by atoms with van der Waals surface area (Å²) in [4.78, 5) is 24.4. The number of hydrogen-bond donors (Lipinski definition) is 2. The summed E-state index contributed by atoms with van der Waals surface area (Å²) in [5, 5.41) is 13.9. The summed E-state index contributed by atoms with van der Waals surface area (Å²) in [5.74, 6) is -1.67. The number of halogens is 4. The normalized spacial score (nSPS) is 12.1. The van der Waals surface area contributed by atoms with Crippen LogP contribution >= 0.6 is 11.6 Å². The number of anilines is 2. The van der Waals surface area contributed by atoms with E-state index >= 15 is 0 Å². The highest BCUT2D eigenvalue weighted by Crippen LogP contribution is 2.34. The quantitative estimate of drug-likeness (QED) is 0.585. The van der Waals surface area contributed by atoms with Gasteiger partial charge in [0.2, 0.25) is 0 Å². The summed E-state index contributed by atoms with van der Waals surface area (Å²) in [6.45, 7) is 2.84. The van der Waals surface area contributed by atoms with Gasteiger partial charge in [0.15, 0.2) is 6.61 Å². The molecule has 0 aromatic heterocycles. The monoisotopic (exact) mass is 453 g/mol. The largest absolute Gasteiger partial charge is 0.454 e. The van der Waals surface area contributed by atoms with Gasteiger partial charge in [-0.1, -0.05) is 25.4 Å². The van der Waals surface area contributed by atoms with Crippen molar-refractivity contribution in [1.29, 1.82) is 5.26 Å². The summed E-state index contributed by atoms with van der Waals surface area (Å²) < 4.78 is 43.4. The first-order valence-corrected chi connectivity index (χ1v) is 9.49. The van der Waals surface area contributed by atoms with Gasteiger partial charge in [-0.25, -0.2) is 4.79 Å². The third-order valence-electron chi connectivity index (χ3n) is 4.17. The Balaban J connectivity index is 1.99. The molecule has 0 saturated heterocycles. The maximum absolute atomic E-state index is 12.8. The van der Waals surface area contributed by atoms with E-state index in [4.69, 9.17) is 21.6 Å². The molecule has 0 aliphatic heterocycles. The van der Waals surface area contributed by atoms with Crippen molar-refractivity contribution in [1.82, 2.24) is 0 Å². The first-order chi connectivity index (χ1) is 14.5. The van der Waals surface area contributed by atoms with Crippen molar-refractivity contribution in [3.05, 3.63) is 58.6 Å². The summed E-state index contributed by atoms with van der Waals surface area (Å²) in [5.41, 5.74) is 0.0749. The molecule has 0 unspecified atom stereocenters. The second kappa shape index (κ2) is 10.2. The summed E-state index contributed by atoms with van der Waals surface area (Å²) >= 11 is 5.93. The number of benzene rings is 2. The van der Waals surface area contributed by atoms with Gasteiger partial charge in [-0.2, -0.15) is 18.4 Å². The number of nitrogens with one attached hydrogen (secondary N) is 2. The fourth-order valence-electron chi connectivity index (χ4n) is 2.53. The molecule has 10 heteroatoms. The minimum atomic E-state index is -4.54. The van der Waals surface area contributed by atoms with Crippen molar-refractivity contribution in [2.45, 2.75) is 26.1 Å². The van der Waals surface area contributed by atoms with E-state index < -0.39 is 36.3 Å². The average molecular weight is 454 g/mol. The van der Waals surface area contributed by atoms with Crippen molar-refractivity contribution in [3.8, 4) is 6.07 Å². The lowest BCUT2D eigenvalue weighted by atomic mass is 10.0. The van der Waals surface area contributed by atoms with E-state index in [0.717, 1.165) is 18.2 Å². The van der Waals surface area contributed by atoms with Crippen LogP contribution in [0.5, 0.6) is 0 Å². The predicted molar refractivity (Wildman–Crippen MR) is 109 cm³/mol. The van der Waals surface area contributed by atoms with Crippen LogP contribution in [0, 0.1) is 17.2 Å². The summed E-state index contributed by atoms with van der Waals surface area (Å²) in [6, 6.07) is 9.85. The summed E-state index contributed by atoms with van der Waals surface area (Å²) in [7, 11) is 0. The Morgan fingerprint density at radius 2 is 1.81 bits per heavy atom. The van der Waals surface area contributed by atoms with Crippen LogP contribution < -0.4 is 10.6 Å². The maximum atomic E-state index is 12.8. The Bertz CT molecular complexity index is 986. The lowest BCUT2D eigenvalue weighted by molar-refractivity contribution is -0.149. The van der Waals surface area contributed by atoms with Gasteiger partial charge in [-0.15, -0.1) is 0 Å². The van der Waals surface area contributed by atoms with Gasteiger partial charge in [0, 0.05) is 5.69 Å². The Morgan fingerprint density at radius 1 is 1.16 bits per heavy atom. The van der Waals surface area contributed by atoms with Crippen LogP contribution in [0.4, 0.5) is 24.5 Å². The smallest absolute Gasteiger partial charge is 0.416 e. The highest BCUT2D eigenvalue weighted by Gasteiger charge is 2.31. The standard InChI is InChI=1S/C21H19ClF3N3O3/c1-12(2)19(28-17-8-5-14(9-16(17)22)21(23,24)25)20(30)31-11-18(29)27-15-6-3-13(10-26)4-7-15/h3-9,12,19,28H,11H2,1-2H3,(H,27,29)/t19-/m1/s1. The van der Waals surface area contributed by atoms with E-state index in [1.807, 2.05) is 6.07 Å². The first kappa shape index (κ1) is 24.0. The van der Waals surface area contributed by atoms with Gasteiger partial charge in [0.05, 0.1) is 27.9 Å². The Morgan fingerprint density at radius 3 is 2.32 bits per heavy atom. The Hall–Kier alpha value is -3.25. The molecule has 0 spiro atoms. The topological polar surface area (TPSA) is 91.2 Å². The van der Waals surface area contributed by atoms with Crippen LogP contribution in [0.15, 0.2) is 42.5 Å². The van der Waals surface area contributed by atoms with E-state index in [-0.39, 0.29) is 16.6 Å². The van der Waals surface area contributed by atoms with Crippen molar-refractivity contribution < 1.29 is 27.5 Å². The highest BCUT2D eigenvalue weighted by molar-refractivity contribution is 6.33. The molecule has 2 aromatic rings. The number of alkyl halides is 3. The average Bonchev–Trinajstić information content (AvgIpc) is 2.70. The zero-order valence-corrected chi connectivity index (χ0v) is 17.3. The van der Waals surface area contributed by atoms with E-state index in [1.54, 1.807) is 13.8 Å².